The largest absolute Gasteiger partial charge is 0.464 e. The van der Waals surface area contributed by atoms with Gasteiger partial charge in [0.15, 0.2) is 0 Å². The van der Waals surface area contributed by atoms with Gasteiger partial charge in [-0.25, -0.2) is 8.42 Å². The first-order valence-corrected chi connectivity index (χ1v) is 7.81. The van der Waals surface area contributed by atoms with Crippen LogP contribution in [0.5, 0.6) is 0 Å². The molecular weight excluding hydrogens is 266 g/mol. The van der Waals surface area contributed by atoms with Crippen LogP contribution >= 0.6 is 0 Å². The van der Waals surface area contributed by atoms with Crippen LogP contribution in [-0.2, 0) is 16.6 Å². The van der Waals surface area contributed by atoms with Gasteiger partial charge >= 0.3 is 0 Å². The fourth-order valence-corrected chi connectivity index (χ4v) is 3.82. The highest BCUT2D eigenvalue weighted by atomic mass is 32.2. The number of aryl methyl sites for hydroxylation is 1. The molecule has 1 aromatic heterocycles. The van der Waals surface area contributed by atoms with Crippen LogP contribution in [0.2, 0.25) is 0 Å². The van der Waals surface area contributed by atoms with E-state index in [4.69, 9.17) is 4.42 Å². The summed E-state index contributed by atoms with van der Waals surface area (Å²) in [5.41, 5.74) is 0. The van der Waals surface area contributed by atoms with E-state index in [0.717, 1.165) is 13.1 Å². The number of nitrogens with one attached hydrogen (secondary N) is 1. The molecule has 0 atom stereocenters. The number of rotatable bonds is 4. The minimum absolute atomic E-state index is 0.294. The van der Waals surface area contributed by atoms with Crippen LogP contribution in [0, 0.1) is 6.92 Å². The molecule has 0 spiro atoms. The van der Waals surface area contributed by atoms with E-state index >= 15 is 0 Å². The van der Waals surface area contributed by atoms with E-state index < -0.39 is 10.0 Å². The van der Waals surface area contributed by atoms with Gasteiger partial charge in [0, 0.05) is 32.2 Å². The smallest absolute Gasteiger partial charge is 0.246 e. The van der Waals surface area contributed by atoms with Crippen molar-refractivity contribution in [1.82, 2.24) is 14.5 Å². The molecule has 0 amide bonds. The number of likely N-dealkylation sites (N-methyl/N-ethyl adjacent to an activating group) is 1. The Morgan fingerprint density at radius 2 is 1.95 bits per heavy atom. The van der Waals surface area contributed by atoms with Crippen LogP contribution in [-0.4, -0.2) is 57.9 Å². The summed E-state index contributed by atoms with van der Waals surface area (Å²) in [6.07, 6.45) is 0. The van der Waals surface area contributed by atoms with E-state index in [-0.39, 0.29) is 0 Å². The quantitative estimate of drug-likeness (QED) is 0.859. The maximum absolute atomic E-state index is 12.6. The lowest BCUT2D eigenvalue weighted by Gasteiger charge is -2.31. The fourth-order valence-electron chi connectivity index (χ4n) is 2.21. The fraction of sp³-hybridized carbons (Fsp3) is 0.667. The van der Waals surface area contributed by atoms with Crippen molar-refractivity contribution in [2.45, 2.75) is 18.4 Å². The van der Waals surface area contributed by atoms with Crippen molar-refractivity contribution >= 4 is 10.0 Å². The highest BCUT2D eigenvalue weighted by Gasteiger charge is 2.30. The van der Waals surface area contributed by atoms with Gasteiger partial charge in [-0.1, -0.05) is 0 Å². The van der Waals surface area contributed by atoms with Gasteiger partial charge in [-0.2, -0.15) is 4.31 Å². The van der Waals surface area contributed by atoms with Gasteiger partial charge in [-0.15, -0.1) is 0 Å². The zero-order valence-corrected chi connectivity index (χ0v) is 12.5. The second-order valence-corrected chi connectivity index (χ2v) is 6.78. The Morgan fingerprint density at radius 3 is 2.53 bits per heavy atom. The summed E-state index contributed by atoms with van der Waals surface area (Å²) in [6, 6.07) is 1.62. The molecular formula is C12H21N3O3S. The molecule has 1 aliphatic rings. The second-order valence-electron chi connectivity index (χ2n) is 4.87. The van der Waals surface area contributed by atoms with Gasteiger partial charge in [0.05, 0.1) is 6.54 Å². The molecule has 6 nitrogen and oxygen atoms in total. The maximum Gasteiger partial charge on any atom is 0.246 e. The first-order valence-electron chi connectivity index (χ1n) is 6.37. The molecule has 1 aromatic rings. The Kier molecular flexibility index (Phi) is 4.29. The molecule has 1 aliphatic heterocycles. The van der Waals surface area contributed by atoms with Crippen molar-refractivity contribution in [2.24, 2.45) is 0 Å². The molecule has 0 aromatic carbocycles. The van der Waals surface area contributed by atoms with Gasteiger partial charge in [0.25, 0.3) is 0 Å². The summed E-state index contributed by atoms with van der Waals surface area (Å²) in [7, 11) is 0.368. The Morgan fingerprint density at radius 1 is 1.32 bits per heavy atom. The number of hydrogen-bond acceptors (Lipinski definition) is 5. The van der Waals surface area contributed by atoms with E-state index in [9.17, 15) is 8.42 Å². The zero-order chi connectivity index (χ0) is 14.0. The molecule has 1 N–H and O–H groups in total. The van der Waals surface area contributed by atoms with Crippen LogP contribution < -0.4 is 5.32 Å². The van der Waals surface area contributed by atoms with Gasteiger partial charge in [0.2, 0.25) is 10.0 Å². The van der Waals surface area contributed by atoms with E-state index in [0.29, 0.717) is 36.1 Å². The summed E-state index contributed by atoms with van der Waals surface area (Å²) >= 11 is 0. The topological polar surface area (TPSA) is 65.8 Å². The van der Waals surface area contributed by atoms with E-state index in [1.54, 1.807) is 20.0 Å². The Hall–Kier alpha value is -0.890. The predicted molar refractivity (Wildman–Crippen MR) is 72.5 cm³/mol. The molecule has 0 saturated carbocycles. The third-order valence-corrected chi connectivity index (χ3v) is 5.36. The van der Waals surface area contributed by atoms with Crippen molar-refractivity contribution in [3.8, 4) is 0 Å². The van der Waals surface area contributed by atoms with Crippen LogP contribution in [0.4, 0.5) is 0 Å². The summed E-state index contributed by atoms with van der Waals surface area (Å²) in [5.74, 6) is 1.11. The lowest BCUT2D eigenvalue weighted by molar-refractivity contribution is 0.222. The Balaban J connectivity index is 2.24. The molecule has 19 heavy (non-hydrogen) atoms. The number of piperazine rings is 1. The molecule has 7 heteroatoms. The molecule has 0 radical (unpaired) electrons. The van der Waals surface area contributed by atoms with E-state index in [1.807, 2.05) is 7.05 Å². The van der Waals surface area contributed by atoms with Gasteiger partial charge < -0.3 is 14.6 Å². The highest BCUT2D eigenvalue weighted by molar-refractivity contribution is 7.89. The predicted octanol–water partition coefficient (Wildman–Crippen LogP) is 0.244. The number of nitrogens with zero attached hydrogens (tertiary/aromatic N) is 2. The standard InChI is InChI=1S/C12H21N3O3S/c1-10-12(8-11(18-10)9-13-2)19(16,17)15-6-4-14(3)5-7-15/h8,13H,4-7,9H2,1-3H3. The van der Waals surface area contributed by atoms with Crippen LogP contribution in [0.1, 0.15) is 11.5 Å². The third kappa shape index (κ3) is 3.00. The lowest BCUT2D eigenvalue weighted by Crippen LogP contribution is -2.47. The van der Waals surface area contributed by atoms with E-state index in [1.165, 1.54) is 4.31 Å². The summed E-state index contributed by atoms with van der Waals surface area (Å²) in [6.45, 7) is 4.82. The average Bonchev–Trinajstić information content (AvgIpc) is 2.72. The van der Waals surface area contributed by atoms with E-state index in [2.05, 4.69) is 10.2 Å². The number of furan rings is 1. The van der Waals surface area contributed by atoms with Crippen LogP contribution in [0.3, 0.4) is 0 Å². The minimum Gasteiger partial charge on any atom is -0.464 e. The summed E-state index contributed by atoms with van der Waals surface area (Å²) < 4.78 is 32.1. The van der Waals surface area contributed by atoms with Crippen molar-refractivity contribution in [1.29, 1.82) is 0 Å². The SMILES string of the molecule is CNCc1cc(S(=O)(=O)N2CCN(C)CC2)c(C)o1. The molecule has 1 saturated heterocycles. The van der Waals surface area contributed by atoms with Gasteiger partial charge in [0.1, 0.15) is 16.4 Å². The van der Waals surface area contributed by atoms with Crippen LogP contribution in [0.25, 0.3) is 0 Å². The maximum atomic E-state index is 12.6. The molecule has 108 valence electrons. The molecule has 1 fully saturated rings. The van der Waals surface area contributed by atoms with Crippen molar-refractivity contribution in [2.75, 3.05) is 40.3 Å². The zero-order valence-electron chi connectivity index (χ0n) is 11.6. The Bertz CT molecular complexity index is 530. The summed E-state index contributed by atoms with van der Waals surface area (Å²) in [4.78, 5) is 2.42. The average molecular weight is 287 g/mol. The third-order valence-electron chi connectivity index (χ3n) is 3.35. The first-order chi connectivity index (χ1) is 8.95. The molecule has 2 heterocycles. The lowest BCUT2D eigenvalue weighted by atomic mass is 10.4. The molecule has 0 unspecified atom stereocenters. The van der Waals surface area contributed by atoms with Crippen molar-refractivity contribution in [3.05, 3.63) is 17.6 Å². The molecule has 0 aliphatic carbocycles. The minimum atomic E-state index is -3.43. The summed E-state index contributed by atoms with van der Waals surface area (Å²) in [5, 5.41) is 2.95. The second kappa shape index (κ2) is 5.62. The Labute approximate surface area is 114 Å². The monoisotopic (exact) mass is 287 g/mol. The number of hydrogen-bond donors (Lipinski definition) is 1. The normalized spacial score (nSPS) is 18.9. The van der Waals surface area contributed by atoms with Gasteiger partial charge in [-0.3, -0.25) is 0 Å². The van der Waals surface area contributed by atoms with Crippen molar-refractivity contribution in [3.63, 3.8) is 0 Å². The van der Waals surface area contributed by atoms with Crippen LogP contribution in [0.15, 0.2) is 15.4 Å². The number of sulfonamides is 1. The molecule has 0 bridgehead atoms. The first kappa shape index (κ1) is 14.5. The molecule has 2 rings (SSSR count). The highest BCUT2D eigenvalue weighted by Crippen LogP contribution is 2.24. The van der Waals surface area contributed by atoms with Crippen molar-refractivity contribution < 1.29 is 12.8 Å². The van der Waals surface area contributed by atoms with Gasteiger partial charge in [-0.05, 0) is 21.0 Å².